The van der Waals surface area contributed by atoms with Crippen LogP contribution in [0.3, 0.4) is 0 Å². The van der Waals surface area contributed by atoms with Crippen LogP contribution in [0, 0.1) is 0 Å². The van der Waals surface area contributed by atoms with Crippen LogP contribution >= 0.6 is 11.3 Å². The normalized spacial score (nSPS) is 10.4. The van der Waals surface area contributed by atoms with E-state index in [-0.39, 0.29) is 5.91 Å². The lowest BCUT2D eigenvalue weighted by atomic mass is 10.3. The molecule has 1 amide bonds. The zero-order chi connectivity index (χ0) is 15.2. The predicted molar refractivity (Wildman–Crippen MR) is 87.7 cm³/mol. The quantitative estimate of drug-likeness (QED) is 0.860. The van der Waals surface area contributed by atoms with Crippen molar-refractivity contribution in [1.82, 2.24) is 10.3 Å². The van der Waals surface area contributed by atoms with Crippen molar-refractivity contribution in [3.05, 3.63) is 41.0 Å². The predicted octanol–water partition coefficient (Wildman–Crippen LogP) is 2.50. The molecule has 0 fully saturated rings. The van der Waals surface area contributed by atoms with Crippen LogP contribution in [0.25, 0.3) is 0 Å². The largest absolute Gasteiger partial charge is 0.397 e. The molecule has 0 atom stereocenters. The fraction of sp³-hybridized carbons (Fsp3) is 0.333. The molecule has 6 heteroatoms. The lowest BCUT2D eigenvalue weighted by molar-refractivity contribution is 0.0958. The second kappa shape index (κ2) is 7.08. The Morgan fingerprint density at radius 3 is 3.00 bits per heavy atom. The third kappa shape index (κ3) is 3.95. The summed E-state index contributed by atoms with van der Waals surface area (Å²) in [6.45, 7) is 3.41. The van der Waals surface area contributed by atoms with Crippen LogP contribution in [0.5, 0.6) is 0 Å². The van der Waals surface area contributed by atoms with Crippen molar-refractivity contribution in [1.29, 1.82) is 0 Å². The molecule has 0 aliphatic rings. The molecule has 0 spiro atoms. The number of anilines is 2. The highest BCUT2D eigenvalue weighted by Gasteiger charge is 2.16. The molecule has 0 aliphatic carbocycles. The summed E-state index contributed by atoms with van der Waals surface area (Å²) in [5, 5.41) is 3.82. The van der Waals surface area contributed by atoms with Gasteiger partial charge in [0.1, 0.15) is 4.88 Å². The molecular weight excluding hydrogens is 284 g/mol. The topological polar surface area (TPSA) is 71.2 Å². The minimum Gasteiger partial charge on any atom is -0.397 e. The summed E-state index contributed by atoms with van der Waals surface area (Å²) in [7, 11) is 1.98. The lowest BCUT2D eigenvalue weighted by Gasteiger charge is -2.16. The van der Waals surface area contributed by atoms with Gasteiger partial charge in [0.05, 0.1) is 10.7 Å². The van der Waals surface area contributed by atoms with Crippen molar-refractivity contribution in [2.75, 3.05) is 24.2 Å². The molecule has 2 aromatic rings. The zero-order valence-electron chi connectivity index (χ0n) is 12.3. The highest BCUT2D eigenvalue weighted by molar-refractivity contribution is 7.18. The van der Waals surface area contributed by atoms with Gasteiger partial charge in [-0.1, -0.05) is 13.0 Å². The first kappa shape index (κ1) is 15.3. The van der Waals surface area contributed by atoms with Crippen molar-refractivity contribution in [2.24, 2.45) is 0 Å². The van der Waals surface area contributed by atoms with Crippen LogP contribution < -0.4 is 16.0 Å². The van der Waals surface area contributed by atoms with E-state index >= 15 is 0 Å². The summed E-state index contributed by atoms with van der Waals surface area (Å²) >= 11 is 1.41. The standard InChI is InChI=1S/C15H20N4OS/c1-3-6-18-15(20)14-12(16)8-13(21-14)19(2)10-11-5-4-7-17-9-11/h4-5,7-9H,3,6,10,16H2,1-2H3,(H,18,20). The molecule has 112 valence electrons. The maximum absolute atomic E-state index is 12.0. The van der Waals surface area contributed by atoms with E-state index in [1.54, 1.807) is 6.20 Å². The summed E-state index contributed by atoms with van der Waals surface area (Å²) in [4.78, 5) is 18.8. The fourth-order valence-corrected chi connectivity index (χ4v) is 2.88. The summed E-state index contributed by atoms with van der Waals surface area (Å²) in [6.07, 6.45) is 4.50. The molecule has 3 N–H and O–H groups in total. The first-order valence-electron chi connectivity index (χ1n) is 6.89. The summed E-state index contributed by atoms with van der Waals surface area (Å²) in [5.74, 6) is -0.0969. The van der Waals surface area contributed by atoms with Crippen molar-refractivity contribution in [2.45, 2.75) is 19.9 Å². The maximum Gasteiger partial charge on any atom is 0.263 e. The van der Waals surface area contributed by atoms with E-state index in [2.05, 4.69) is 15.2 Å². The van der Waals surface area contributed by atoms with Crippen molar-refractivity contribution < 1.29 is 4.79 Å². The number of carbonyl (C=O) groups is 1. The van der Waals surface area contributed by atoms with E-state index in [9.17, 15) is 4.79 Å². The average Bonchev–Trinajstić information content (AvgIpc) is 2.88. The first-order valence-corrected chi connectivity index (χ1v) is 7.71. The van der Waals surface area contributed by atoms with Crippen LogP contribution in [0.1, 0.15) is 28.6 Å². The molecule has 0 radical (unpaired) electrons. The Balaban J connectivity index is 2.08. The molecular formula is C15H20N4OS. The number of nitrogens with two attached hydrogens (primary N) is 1. The molecule has 0 aromatic carbocycles. The number of hydrogen-bond donors (Lipinski definition) is 2. The van der Waals surface area contributed by atoms with E-state index in [1.165, 1.54) is 11.3 Å². The zero-order valence-corrected chi connectivity index (χ0v) is 13.1. The second-order valence-corrected chi connectivity index (χ2v) is 5.87. The van der Waals surface area contributed by atoms with Gasteiger partial charge in [-0.3, -0.25) is 9.78 Å². The molecule has 2 heterocycles. The first-order chi connectivity index (χ1) is 10.1. The van der Waals surface area contributed by atoms with Gasteiger partial charge in [-0.25, -0.2) is 0 Å². The third-order valence-corrected chi connectivity index (χ3v) is 4.27. The van der Waals surface area contributed by atoms with Gasteiger partial charge in [-0.2, -0.15) is 0 Å². The Morgan fingerprint density at radius 1 is 1.52 bits per heavy atom. The molecule has 2 aromatic heterocycles. The van der Waals surface area contributed by atoms with Crippen LogP contribution in [0.2, 0.25) is 0 Å². The van der Waals surface area contributed by atoms with Crippen LogP contribution in [-0.4, -0.2) is 24.5 Å². The van der Waals surface area contributed by atoms with E-state index in [0.29, 0.717) is 17.1 Å². The van der Waals surface area contributed by atoms with Gasteiger partial charge in [0.25, 0.3) is 5.91 Å². The van der Waals surface area contributed by atoms with Crippen molar-refractivity contribution in [3.8, 4) is 0 Å². The SMILES string of the molecule is CCCNC(=O)c1sc(N(C)Cc2cccnc2)cc1N. The summed E-state index contributed by atoms with van der Waals surface area (Å²) < 4.78 is 0. The highest BCUT2D eigenvalue weighted by Crippen LogP contribution is 2.32. The summed E-state index contributed by atoms with van der Waals surface area (Å²) in [5.41, 5.74) is 7.60. The Labute approximate surface area is 128 Å². The van der Waals surface area contributed by atoms with E-state index in [0.717, 1.165) is 23.5 Å². The van der Waals surface area contributed by atoms with Gasteiger partial charge < -0.3 is 16.0 Å². The highest BCUT2D eigenvalue weighted by atomic mass is 32.1. The number of carbonyl (C=O) groups excluding carboxylic acids is 1. The van der Waals surface area contributed by atoms with Gasteiger partial charge in [0.2, 0.25) is 0 Å². The molecule has 0 saturated heterocycles. The van der Waals surface area contributed by atoms with Crippen molar-refractivity contribution in [3.63, 3.8) is 0 Å². The molecule has 0 bridgehead atoms. The van der Waals surface area contributed by atoms with E-state index in [4.69, 9.17) is 5.73 Å². The number of hydrogen-bond acceptors (Lipinski definition) is 5. The average molecular weight is 304 g/mol. The second-order valence-electron chi connectivity index (χ2n) is 4.84. The molecule has 0 saturated carbocycles. The lowest BCUT2D eigenvalue weighted by Crippen LogP contribution is -2.23. The monoisotopic (exact) mass is 304 g/mol. The van der Waals surface area contributed by atoms with Crippen LogP contribution in [-0.2, 0) is 6.54 Å². The van der Waals surface area contributed by atoms with Crippen LogP contribution in [0.4, 0.5) is 10.7 Å². The number of pyridine rings is 1. The number of thiophene rings is 1. The van der Waals surface area contributed by atoms with Gasteiger partial charge >= 0.3 is 0 Å². The Morgan fingerprint density at radius 2 is 2.33 bits per heavy atom. The molecule has 21 heavy (non-hydrogen) atoms. The Bertz CT molecular complexity index is 597. The minimum atomic E-state index is -0.0969. The minimum absolute atomic E-state index is 0.0969. The number of amides is 1. The third-order valence-electron chi connectivity index (χ3n) is 3.01. The molecule has 0 unspecified atom stereocenters. The van der Waals surface area contributed by atoms with Gasteiger partial charge in [0, 0.05) is 32.5 Å². The number of nitrogen functional groups attached to an aromatic ring is 1. The van der Waals surface area contributed by atoms with Gasteiger partial charge in [0.15, 0.2) is 0 Å². The fourth-order valence-electron chi connectivity index (χ4n) is 1.92. The van der Waals surface area contributed by atoms with Crippen molar-refractivity contribution >= 4 is 27.9 Å². The Hall–Kier alpha value is -2.08. The van der Waals surface area contributed by atoms with E-state index in [1.807, 2.05) is 38.4 Å². The number of nitrogens with one attached hydrogen (secondary N) is 1. The molecule has 2 rings (SSSR count). The summed E-state index contributed by atoms with van der Waals surface area (Å²) in [6, 6.07) is 5.78. The maximum atomic E-state index is 12.0. The van der Waals surface area contributed by atoms with Gasteiger partial charge in [-0.05, 0) is 24.1 Å². The van der Waals surface area contributed by atoms with E-state index < -0.39 is 0 Å². The Kier molecular flexibility index (Phi) is 5.16. The smallest absolute Gasteiger partial charge is 0.263 e. The van der Waals surface area contributed by atoms with Crippen LogP contribution in [0.15, 0.2) is 30.6 Å². The number of nitrogens with zero attached hydrogens (tertiary/aromatic N) is 2. The molecule has 0 aliphatic heterocycles. The molecule has 5 nitrogen and oxygen atoms in total. The van der Waals surface area contributed by atoms with Gasteiger partial charge in [-0.15, -0.1) is 11.3 Å². The number of aromatic nitrogens is 1. The number of rotatable bonds is 6.